The van der Waals surface area contributed by atoms with Gasteiger partial charge in [0.05, 0.1) is 5.52 Å². The highest BCUT2D eigenvalue weighted by molar-refractivity contribution is 6.04. The van der Waals surface area contributed by atoms with Gasteiger partial charge in [-0.2, -0.15) is 5.10 Å². The summed E-state index contributed by atoms with van der Waals surface area (Å²) < 4.78 is 0. The van der Waals surface area contributed by atoms with E-state index < -0.39 is 0 Å². The average molecular weight is 229 g/mol. The van der Waals surface area contributed by atoms with Gasteiger partial charge in [-0.15, -0.1) is 0 Å². The third-order valence-electron chi connectivity index (χ3n) is 3.49. The van der Waals surface area contributed by atoms with Gasteiger partial charge >= 0.3 is 0 Å². The first kappa shape index (κ1) is 10.3. The lowest BCUT2D eigenvalue weighted by molar-refractivity contribution is 0.0948. The van der Waals surface area contributed by atoms with Gasteiger partial charge in [0.2, 0.25) is 0 Å². The monoisotopic (exact) mass is 229 g/mol. The standard InChI is InChI=1S/C13H15N3O/c1-8-6-9(8)7-14-13(17)12-10-4-2-3-5-11(10)15-16-12/h2-5,8-9H,6-7H2,1H3,(H,14,17)(H,15,16). The topological polar surface area (TPSA) is 57.8 Å². The van der Waals surface area contributed by atoms with Crippen LogP contribution in [0.3, 0.4) is 0 Å². The summed E-state index contributed by atoms with van der Waals surface area (Å²) in [6.07, 6.45) is 1.22. The molecule has 1 fully saturated rings. The van der Waals surface area contributed by atoms with Gasteiger partial charge in [0.25, 0.3) is 5.91 Å². The van der Waals surface area contributed by atoms with Gasteiger partial charge in [0.15, 0.2) is 5.69 Å². The number of aromatic amines is 1. The number of para-hydroxylation sites is 1. The maximum atomic E-state index is 12.0. The smallest absolute Gasteiger partial charge is 0.272 e. The van der Waals surface area contributed by atoms with Gasteiger partial charge in [-0.25, -0.2) is 0 Å². The molecule has 1 aliphatic carbocycles. The first-order valence-electron chi connectivity index (χ1n) is 5.97. The maximum absolute atomic E-state index is 12.0. The Morgan fingerprint density at radius 1 is 1.53 bits per heavy atom. The van der Waals surface area contributed by atoms with Crippen LogP contribution in [0.15, 0.2) is 24.3 Å². The second-order valence-electron chi connectivity index (χ2n) is 4.80. The van der Waals surface area contributed by atoms with E-state index in [4.69, 9.17) is 0 Å². The summed E-state index contributed by atoms with van der Waals surface area (Å²) in [4.78, 5) is 12.0. The van der Waals surface area contributed by atoms with Crippen molar-refractivity contribution in [2.24, 2.45) is 11.8 Å². The van der Waals surface area contributed by atoms with Crippen molar-refractivity contribution in [2.75, 3.05) is 6.54 Å². The zero-order valence-corrected chi connectivity index (χ0v) is 9.73. The summed E-state index contributed by atoms with van der Waals surface area (Å²) >= 11 is 0. The molecule has 2 unspecified atom stereocenters. The fourth-order valence-electron chi connectivity index (χ4n) is 2.13. The van der Waals surface area contributed by atoms with Crippen LogP contribution in [-0.2, 0) is 0 Å². The minimum Gasteiger partial charge on any atom is -0.350 e. The van der Waals surface area contributed by atoms with Crippen molar-refractivity contribution in [1.82, 2.24) is 15.5 Å². The molecule has 88 valence electrons. The van der Waals surface area contributed by atoms with Gasteiger partial charge in [0, 0.05) is 11.9 Å². The average Bonchev–Trinajstić information content (AvgIpc) is 2.89. The molecule has 1 aliphatic rings. The number of H-pyrrole nitrogens is 1. The van der Waals surface area contributed by atoms with Crippen LogP contribution in [0.25, 0.3) is 10.9 Å². The number of hydrogen-bond donors (Lipinski definition) is 2. The first-order valence-corrected chi connectivity index (χ1v) is 5.97. The van der Waals surface area contributed by atoms with Crippen LogP contribution in [-0.4, -0.2) is 22.6 Å². The second kappa shape index (κ2) is 3.87. The van der Waals surface area contributed by atoms with Crippen molar-refractivity contribution >= 4 is 16.8 Å². The van der Waals surface area contributed by atoms with E-state index in [9.17, 15) is 4.79 Å². The van der Waals surface area contributed by atoms with E-state index in [2.05, 4.69) is 22.4 Å². The highest BCUT2D eigenvalue weighted by atomic mass is 16.1. The molecule has 1 saturated carbocycles. The molecule has 17 heavy (non-hydrogen) atoms. The Morgan fingerprint density at radius 3 is 3.06 bits per heavy atom. The van der Waals surface area contributed by atoms with Crippen molar-refractivity contribution in [3.63, 3.8) is 0 Å². The fraction of sp³-hybridized carbons (Fsp3) is 0.385. The number of aromatic nitrogens is 2. The van der Waals surface area contributed by atoms with Crippen molar-refractivity contribution in [3.8, 4) is 0 Å². The molecular weight excluding hydrogens is 214 g/mol. The van der Waals surface area contributed by atoms with Gasteiger partial charge in [-0.3, -0.25) is 9.89 Å². The molecule has 2 aromatic rings. The molecule has 4 nitrogen and oxygen atoms in total. The van der Waals surface area contributed by atoms with Crippen molar-refractivity contribution in [2.45, 2.75) is 13.3 Å². The Balaban J connectivity index is 1.76. The molecule has 3 rings (SSSR count). The first-order chi connectivity index (χ1) is 8.25. The van der Waals surface area contributed by atoms with Crippen LogP contribution in [0.5, 0.6) is 0 Å². The van der Waals surface area contributed by atoms with Gasteiger partial charge in [-0.05, 0) is 24.3 Å². The number of nitrogens with one attached hydrogen (secondary N) is 2. The summed E-state index contributed by atoms with van der Waals surface area (Å²) in [6, 6.07) is 7.67. The van der Waals surface area contributed by atoms with Crippen LogP contribution >= 0.6 is 0 Å². The molecule has 2 N–H and O–H groups in total. The number of benzene rings is 1. The maximum Gasteiger partial charge on any atom is 0.272 e. The zero-order valence-electron chi connectivity index (χ0n) is 9.73. The van der Waals surface area contributed by atoms with Gasteiger partial charge < -0.3 is 5.32 Å². The molecule has 0 spiro atoms. The Kier molecular flexibility index (Phi) is 2.35. The summed E-state index contributed by atoms with van der Waals surface area (Å²) in [6.45, 7) is 2.97. The highest BCUT2D eigenvalue weighted by Gasteiger charge is 2.32. The van der Waals surface area contributed by atoms with Gasteiger partial charge in [-0.1, -0.05) is 25.1 Å². The van der Waals surface area contributed by atoms with Crippen LogP contribution in [0.2, 0.25) is 0 Å². The lowest BCUT2D eigenvalue weighted by Crippen LogP contribution is -2.26. The van der Waals surface area contributed by atoms with Crippen molar-refractivity contribution in [3.05, 3.63) is 30.0 Å². The van der Waals surface area contributed by atoms with Crippen LogP contribution in [0.1, 0.15) is 23.8 Å². The number of fused-ring (bicyclic) bond motifs is 1. The molecule has 1 amide bonds. The minimum atomic E-state index is -0.0819. The normalized spacial score (nSPS) is 22.6. The van der Waals surface area contributed by atoms with E-state index in [1.54, 1.807) is 0 Å². The predicted octanol–water partition coefficient (Wildman–Crippen LogP) is 1.95. The molecular formula is C13H15N3O. The molecule has 0 bridgehead atoms. The largest absolute Gasteiger partial charge is 0.350 e. The van der Waals surface area contributed by atoms with E-state index >= 15 is 0 Å². The number of rotatable bonds is 3. The molecule has 1 heterocycles. The van der Waals surface area contributed by atoms with E-state index in [0.717, 1.165) is 23.4 Å². The third kappa shape index (κ3) is 1.90. The Morgan fingerprint density at radius 2 is 2.29 bits per heavy atom. The number of nitrogens with zero attached hydrogens (tertiary/aromatic N) is 1. The second-order valence-corrected chi connectivity index (χ2v) is 4.80. The predicted molar refractivity (Wildman–Crippen MR) is 65.7 cm³/mol. The zero-order chi connectivity index (χ0) is 11.8. The van der Waals surface area contributed by atoms with E-state index in [-0.39, 0.29) is 5.91 Å². The van der Waals surface area contributed by atoms with Crippen LogP contribution < -0.4 is 5.32 Å². The van der Waals surface area contributed by atoms with Crippen molar-refractivity contribution in [1.29, 1.82) is 0 Å². The molecule has 2 atom stereocenters. The lowest BCUT2D eigenvalue weighted by atomic mass is 10.2. The molecule has 1 aromatic carbocycles. The minimum absolute atomic E-state index is 0.0819. The summed E-state index contributed by atoms with van der Waals surface area (Å²) in [5.41, 5.74) is 1.39. The highest BCUT2D eigenvalue weighted by Crippen LogP contribution is 2.36. The van der Waals surface area contributed by atoms with Crippen molar-refractivity contribution < 1.29 is 4.79 Å². The van der Waals surface area contributed by atoms with E-state index in [0.29, 0.717) is 11.6 Å². The number of amides is 1. The number of carbonyl (C=O) groups excluding carboxylic acids is 1. The summed E-state index contributed by atoms with van der Waals surface area (Å²) in [7, 11) is 0. The summed E-state index contributed by atoms with van der Waals surface area (Å²) in [5, 5.41) is 10.8. The number of hydrogen-bond acceptors (Lipinski definition) is 2. The SMILES string of the molecule is CC1CC1CNC(=O)c1n[nH]c2ccccc12. The van der Waals surface area contributed by atoms with Crippen LogP contribution in [0.4, 0.5) is 0 Å². The lowest BCUT2D eigenvalue weighted by Gasteiger charge is -2.01. The fourth-order valence-corrected chi connectivity index (χ4v) is 2.13. The Labute approximate surface area is 99.4 Å². The Hall–Kier alpha value is -1.84. The van der Waals surface area contributed by atoms with E-state index in [1.807, 2.05) is 24.3 Å². The molecule has 4 heteroatoms. The molecule has 0 aliphatic heterocycles. The van der Waals surface area contributed by atoms with Gasteiger partial charge in [0.1, 0.15) is 0 Å². The molecule has 1 aromatic heterocycles. The summed E-state index contributed by atoms with van der Waals surface area (Å²) in [5.74, 6) is 1.33. The Bertz CT molecular complexity index is 561. The number of carbonyl (C=O) groups is 1. The molecule has 0 radical (unpaired) electrons. The van der Waals surface area contributed by atoms with Crippen LogP contribution in [0, 0.1) is 11.8 Å². The quantitative estimate of drug-likeness (QED) is 0.845. The molecule has 0 saturated heterocycles. The van der Waals surface area contributed by atoms with E-state index in [1.165, 1.54) is 6.42 Å². The third-order valence-corrected chi connectivity index (χ3v) is 3.49.